The maximum Gasteiger partial charge on any atom is 0.316 e. The van der Waals surface area contributed by atoms with Crippen molar-refractivity contribution in [1.29, 1.82) is 0 Å². The van der Waals surface area contributed by atoms with Gasteiger partial charge >= 0.3 is 5.97 Å². The third-order valence-corrected chi connectivity index (χ3v) is 4.55. The Labute approximate surface area is 129 Å². The fraction of sp³-hybridized carbons (Fsp3) is 0.786. The zero-order valence-corrected chi connectivity index (χ0v) is 13.4. The summed E-state index contributed by atoms with van der Waals surface area (Å²) < 4.78 is 7.39. The van der Waals surface area contributed by atoms with Crippen molar-refractivity contribution in [2.45, 2.75) is 56.8 Å². The molecule has 7 heteroatoms. The number of carbonyl (C=O) groups excluding carboxylic acids is 1. The zero-order chi connectivity index (χ0) is 14.8. The molecule has 1 aliphatic carbocycles. The molecule has 2 fully saturated rings. The summed E-state index contributed by atoms with van der Waals surface area (Å²) in [5.74, 6) is 1.08. The number of ether oxygens (including phenoxy) is 1. The van der Waals surface area contributed by atoms with Gasteiger partial charge in [0, 0.05) is 19.1 Å². The third kappa shape index (κ3) is 3.51. The second-order valence-corrected chi connectivity index (χ2v) is 6.85. The van der Waals surface area contributed by atoms with E-state index >= 15 is 0 Å². The molecule has 0 radical (unpaired) electrons. The second kappa shape index (κ2) is 6.25. The number of thioether (sulfide) groups is 1. The third-order valence-electron chi connectivity index (χ3n) is 3.63. The predicted molar refractivity (Wildman–Crippen MR) is 81.7 cm³/mol. The molecule has 0 amide bonds. The largest absolute Gasteiger partial charge is 0.462 e. The molecule has 0 atom stereocenters. The van der Waals surface area contributed by atoms with Crippen LogP contribution in [-0.2, 0) is 9.53 Å². The summed E-state index contributed by atoms with van der Waals surface area (Å²) >= 11 is 1.43. The fourth-order valence-corrected chi connectivity index (χ4v) is 3.36. The van der Waals surface area contributed by atoms with E-state index in [1.165, 1.54) is 37.4 Å². The molecule has 1 saturated heterocycles. The molecule has 0 N–H and O–H groups in total. The van der Waals surface area contributed by atoms with Crippen LogP contribution in [0.3, 0.4) is 0 Å². The summed E-state index contributed by atoms with van der Waals surface area (Å²) in [6.07, 6.45) is 4.74. The number of anilines is 1. The molecule has 1 aliphatic heterocycles. The van der Waals surface area contributed by atoms with Gasteiger partial charge in [-0.05, 0) is 39.5 Å². The highest BCUT2D eigenvalue weighted by Crippen LogP contribution is 2.41. The van der Waals surface area contributed by atoms with Crippen LogP contribution in [0.15, 0.2) is 5.16 Å². The molecule has 1 aromatic heterocycles. The molecular weight excluding hydrogens is 288 g/mol. The van der Waals surface area contributed by atoms with Crippen molar-refractivity contribution >= 4 is 23.7 Å². The number of esters is 1. The van der Waals surface area contributed by atoms with Gasteiger partial charge in [-0.25, -0.2) is 0 Å². The molecule has 3 rings (SSSR count). The van der Waals surface area contributed by atoms with Crippen molar-refractivity contribution in [2.24, 2.45) is 0 Å². The summed E-state index contributed by atoms with van der Waals surface area (Å²) in [5.41, 5.74) is 0. The molecule has 0 bridgehead atoms. The van der Waals surface area contributed by atoms with E-state index in [0.29, 0.717) is 11.8 Å². The summed E-state index contributed by atoms with van der Waals surface area (Å²) in [7, 11) is 0. The van der Waals surface area contributed by atoms with Gasteiger partial charge in [-0.15, -0.1) is 10.2 Å². The van der Waals surface area contributed by atoms with E-state index < -0.39 is 0 Å². The molecule has 21 heavy (non-hydrogen) atoms. The van der Waals surface area contributed by atoms with E-state index in [1.807, 2.05) is 13.8 Å². The van der Waals surface area contributed by atoms with Crippen molar-refractivity contribution < 1.29 is 9.53 Å². The van der Waals surface area contributed by atoms with E-state index in [1.54, 1.807) is 0 Å². The second-order valence-electron chi connectivity index (χ2n) is 5.91. The number of rotatable bonds is 6. The molecule has 0 spiro atoms. The van der Waals surface area contributed by atoms with E-state index in [-0.39, 0.29) is 12.1 Å². The summed E-state index contributed by atoms with van der Waals surface area (Å²) in [5, 5.41) is 9.51. The van der Waals surface area contributed by atoms with Crippen molar-refractivity contribution in [2.75, 3.05) is 23.7 Å². The van der Waals surface area contributed by atoms with Crippen molar-refractivity contribution in [3.63, 3.8) is 0 Å². The first-order chi connectivity index (χ1) is 10.1. The van der Waals surface area contributed by atoms with Crippen LogP contribution in [-0.4, -0.2) is 45.7 Å². The topological polar surface area (TPSA) is 60.2 Å². The number of nitrogens with zero attached hydrogens (tertiary/aromatic N) is 4. The monoisotopic (exact) mass is 310 g/mol. The number of hydrogen-bond acceptors (Lipinski definition) is 6. The molecule has 6 nitrogen and oxygen atoms in total. The van der Waals surface area contributed by atoms with Crippen LogP contribution in [0.5, 0.6) is 0 Å². The fourth-order valence-electron chi connectivity index (χ4n) is 2.57. The van der Waals surface area contributed by atoms with Gasteiger partial charge in [0.2, 0.25) is 5.95 Å². The minimum Gasteiger partial charge on any atom is -0.462 e. The lowest BCUT2D eigenvalue weighted by Gasteiger charge is -2.17. The summed E-state index contributed by atoms with van der Waals surface area (Å²) in [6, 6.07) is 0.513. The van der Waals surface area contributed by atoms with E-state index in [0.717, 1.165) is 24.2 Å². The molecule has 2 heterocycles. The van der Waals surface area contributed by atoms with Gasteiger partial charge in [-0.1, -0.05) is 11.8 Å². The molecule has 116 valence electrons. The maximum absolute atomic E-state index is 11.7. The van der Waals surface area contributed by atoms with Crippen molar-refractivity contribution in [3.05, 3.63) is 0 Å². The van der Waals surface area contributed by atoms with Crippen molar-refractivity contribution in [3.8, 4) is 0 Å². The van der Waals surface area contributed by atoms with Crippen LogP contribution in [0.4, 0.5) is 5.95 Å². The van der Waals surface area contributed by atoms with Gasteiger partial charge in [0.15, 0.2) is 5.16 Å². The number of aromatic nitrogens is 3. The van der Waals surface area contributed by atoms with Crippen LogP contribution in [0, 0.1) is 0 Å². The minimum absolute atomic E-state index is 0.0698. The Morgan fingerprint density at radius 1 is 1.33 bits per heavy atom. The van der Waals surface area contributed by atoms with Gasteiger partial charge in [0.05, 0.1) is 11.9 Å². The highest BCUT2D eigenvalue weighted by molar-refractivity contribution is 7.99. The van der Waals surface area contributed by atoms with Crippen LogP contribution >= 0.6 is 11.8 Å². The predicted octanol–water partition coefficient (Wildman–Crippen LogP) is 2.26. The number of carbonyl (C=O) groups is 1. The van der Waals surface area contributed by atoms with Crippen LogP contribution in [0.1, 0.15) is 45.6 Å². The maximum atomic E-state index is 11.7. The van der Waals surface area contributed by atoms with Gasteiger partial charge < -0.3 is 9.64 Å². The molecule has 1 aromatic rings. The Hall–Kier alpha value is -1.24. The Kier molecular flexibility index (Phi) is 4.37. The zero-order valence-electron chi connectivity index (χ0n) is 12.6. The Bertz CT molecular complexity index is 507. The Morgan fingerprint density at radius 2 is 2.05 bits per heavy atom. The highest BCUT2D eigenvalue weighted by atomic mass is 32.2. The van der Waals surface area contributed by atoms with Crippen LogP contribution in [0.25, 0.3) is 0 Å². The highest BCUT2D eigenvalue weighted by Gasteiger charge is 2.32. The standard InChI is InChI=1S/C14H22N4O2S/c1-10(2)20-12(19)9-21-14-16-15-13(17-7-3-4-8-17)18(14)11-5-6-11/h10-11H,3-9H2,1-2H3. The van der Waals surface area contributed by atoms with Crippen LogP contribution < -0.4 is 4.90 Å². The average Bonchev–Trinajstić information content (AvgIpc) is 2.98. The normalized spacial score (nSPS) is 18.5. The Morgan fingerprint density at radius 3 is 2.67 bits per heavy atom. The lowest BCUT2D eigenvalue weighted by molar-refractivity contribution is -0.144. The quantitative estimate of drug-likeness (QED) is 0.593. The lowest BCUT2D eigenvalue weighted by atomic mass is 10.4. The van der Waals surface area contributed by atoms with Crippen LogP contribution in [0.2, 0.25) is 0 Å². The first kappa shape index (κ1) is 14.7. The molecule has 1 saturated carbocycles. The first-order valence-electron chi connectivity index (χ1n) is 7.67. The lowest BCUT2D eigenvalue weighted by Crippen LogP contribution is -2.22. The molecule has 0 aromatic carbocycles. The molecule has 2 aliphatic rings. The average molecular weight is 310 g/mol. The smallest absolute Gasteiger partial charge is 0.316 e. The Balaban J connectivity index is 1.68. The SMILES string of the molecule is CC(C)OC(=O)CSc1nnc(N2CCCC2)n1C1CC1. The van der Waals surface area contributed by atoms with E-state index in [2.05, 4.69) is 19.7 Å². The number of hydrogen-bond donors (Lipinski definition) is 0. The molecular formula is C14H22N4O2S. The first-order valence-corrected chi connectivity index (χ1v) is 8.66. The van der Waals surface area contributed by atoms with Gasteiger partial charge in [0.1, 0.15) is 0 Å². The van der Waals surface area contributed by atoms with E-state index in [9.17, 15) is 4.79 Å². The minimum atomic E-state index is -0.192. The van der Waals surface area contributed by atoms with Gasteiger partial charge in [0.25, 0.3) is 0 Å². The summed E-state index contributed by atoms with van der Waals surface area (Å²) in [4.78, 5) is 14.0. The van der Waals surface area contributed by atoms with Gasteiger partial charge in [-0.3, -0.25) is 9.36 Å². The van der Waals surface area contributed by atoms with E-state index in [4.69, 9.17) is 4.74 Å². The van der Waals surface area contributed by atoms with Gasteiger partial charge in [-0.2, -0.15) is 0 Å². The summed E-state index contributed by atoms with van der Waals surface area (Å²) in [6.45, 7) is 5.84. The van der Waals surface area contributed by atoms with Crippen molar-refractivity contribution in [1.82, 2.24) is 14.8 Å². The molecule has 0 unspecified atom stereocenters.